The molecule has 160 valence electrons. The lowest BCUT2D eigenvalue weighted by atomic mass is 9.99. The number of alkyl halides is 2. The molecule has 1 heterocycles. The van der Waals surface area contributed by atoms with Crippen LogP contribution in [0, 0.1) is 0 Å². The van der Waals surface area contributed by atoms with E-state index >= 15 is 0 Å². The number of hydrogen-bond acceptors (Lipinski definition) is 5. The molecule has 2 atom stereocenters. The molecule has 2 aromatic carbocycles. The van der Waals surface area contributed by atoms with Gasteiger partial charge in [0.1, 0.15) is 18.5 Å². The van der Waals surface area contributed by atoms with Crippen molar-refractivity contribution in [2.24, 2.45) is 0 Å². The molecule has 0 aliphatic carbocycles. The van der Waals surface area contributed by atoms with Gasteiger partial charge in [-0.15, -0.1) is 0 Å². The van der Waals surface area contributed by atoms with Gasteiger partial charge >= 0.3 is 0 Å². The van der Waals surface area contributed by atoms with Crippen LogP contribution in [0.4, 0.5) is 13.6 Å². The summed E-state index contributed by atoms with van der Waals surface area (Å²) < 4.78 is 33.8. The van der Waals surface area contributed by atoms with Crippen molar-refractivity contribution in [3.63, 3.8) is 0 Å². The van der Waals surface area contributed by atoms with Gasteiger partial charge in [0.05, 0.1) is 5.25 Å². The van der Waals surface area contributed by atoms with Crippen molar-refractivity contribution in [2.45, 2.75) is 43.5 Å². The second kappa shape index (κ2) is 9.57. The Balaban J connectivity index is 1.56. The first-order chi connectivity index (χ1) is 14.3. The monoisotopic (exact) mass is 435 g/mol. The molecule has 1 fully saturated rings. The molecular weight excluding hydrogens is 412 g/mol. The fraction of sp³-hybridized carbons (Fsp3) is 0.364. The summed E-state index contributed by atoms with van der Waals surface area (Å²) in [5, 5.41) is 11.8. The van der Waals surface area contributed by atoms with Crippen molar-refractivity contribution in [1.82, 2.24) is 5.32 Å². The summed E-state index contributed by atoms with van der Waals surface area (Å²) in [5.41, 5.74) is 1.13. The molecule has 5 nitrogen and oxygen atoms in total. The minimum atomic E-state index is -2.93. The zero-order valence-corrected chi connectivity index (χ0v) is 17.3. The minimum Gasteiger partial charge on any atom is -0.491 e. The maximum absolute atomic E-state index is 14.1. The van der Waals surface area contributed by atoms with E-state index in [0.717, 1.165) is 17.3 Å². The van der Waals surface area contributed by atoms with Gasteiger partial charge in [-0.3, -0.25) is 14.9 Å². The predicted molar refractivity (Wildman–Crippen MR) is 111 cm³/mol. The normalized spacial score (nSPS) is 17.7. The highest BCUT2D eigenvalue weighted by Crippen LogP contribution is 2.34. The van der Waals surface area contributed by atoms with Crippen LogP contribution in [0.25, 0.3) is 0 Å². The van der Waals surface area contributed by atoms with E-state index in [1.807, 2.05) is 0 Å². The third-order valence-corrected chi connectivity index (χ3v) is 5.76. The number of aliphatic hydroxyl groups excluding tert-OH is 1. The third kappa shape index (κ3) is 5.58. The van der Waals surface area contributed by atoms with Crippen molar-refractivity contribution in [1.29, 1.82) is 0 Å². The Labute approximate surface area is 177 Å². The van der Waals surface area contributed by atoms with Gasteiger partial charge < -0.3 is 9.84 Å². The molecule has 30 heavy (non-hydrogen) atoms. The molecule has 3 rings (SSSR count). The van der Waals surface area contributed by atoms with Crippen LogP contribution in [0.2, 0.25) is 0 Å². The highest BCUT2D eigenvalue weighted by Gasteiger charge is 2.32. The predicted octanol–water partition coefficient (Wildman–Crippen LogP) is 4.59. The Morgan fingerprint density at radius 1 is 1.20 bits per heavy atom. The molecule has 2 N–H and O–H groups in total. The van der Waals surface area contributed by atoms with Gasteiger partial charge in [0.15, 0.2) is 0 Å². The van der Waals surface area contributed by atoms with Gasteiger partial charge in [-0.05, 0) is 35.7 Å². The number of nitrogens with one attached hydrogen (secondary N) is 1. The number of hydrogen-bond donors (Lipinski definition) is 2. The van der Waals surface area contributed by atoms with E-state index < -0.39 is 17.3 Å². The van der Waals surface area contributed by atoms with E-state index in [-0.39, 0.29) is 29.7 Å². The number of halogens is 2. The summed E-state index contributed by atoms with van der Waals surface area (Å²) in [4.78, 5) is 22.9. The summed E-state index contributed by atoms with van der Waals surface area (Å²) >= 11 is 0.973. The lowest BCUT2D eigenvalue weighted by Gasteiger charge is -2.18. The first-order valence-corrected chi connectivity index (χ1v) is 10.6. The average molecular weight is 435 g/mol. The summed E-state index contributed by atoms with van der Waals surface area (Å²) in [7, 11) is 0. The van der Waals surface area contributed by atoms with Crippen molar-refractivity contribution < 1.29 is 28.2 Å². The molecule has 2 aromatic rings. The maximum atomic E-state index is 14.1. The zero-order valence-electron chi connectivity index (χ0n) is 16.4. The van der Waals surface area contributed by atoms with E-state index in [9.17, 15) is 23.5 Å². The van der Waals surface area contributed by atoms with Gasteiger partial charge in [-0.25, -0.2) is 8.78 Å². The number of aliphatic hydroxyl groups is 1. The van der Waals surface area contributed by atoms with Gasteiger partial charge in [0, 0.05) is 12.0 Å². The molecule has 0 spiro atoms. The van der Waals surface area contributed by atoms with Crippen LogP contribution < -0.4 is 10.1 Å². The Morgan fingerprint density at radius 2 is 1.93 bits per heavy atom. The average Bonchev–Trinajstić information content (AvgIpc) is 3.04. The molecule has 1 unspecified atom stereocenters. The summed E-state index contributed by atoms with van der Waals surface area (Å²) in [6.45, 7) is 1.62. The molecule has 0 bridgehead atoms. The van der Waals surface area contributed by atoms with E-state index in [1.54, 1.807) is 37.3 Å². The fourth-order valence-corrected chi connectivity index (χ4v) is 4.03. The lowest BCUT2D eigenvalue weighted by molar-refractivity contribution is -0.118. The van der Waals surface area contributed by atoms with Crippen LogP contribution in [0.3, 0.4) is 0 Å². The molecule has 1 saturated heterocycles. The number of thioether (sulfide) groups is 1. The number of ether oxygens (including phenoxy) is 1. The smallest absolute Gasteiger partial charge is 0.286 e. The van der Waals surface area contributed by atoms with Gasteiger partial charge in [0.2, 0.25) is 5.91 Å². The number of carbonyl (C=O) groups excluding carboxylic acids is 2. The quantitative estimate of drug-likeness (QED) is 0.603. The number of imide groups is 1. The van der Waals surface area contributed by atoms with Crippen molar-refractivity contribution in [2.75, 3.05) is 6.61 Å². The minimum absolute atomic E-state index is 0.0858. The Kier molecular flexibility index (Phi) is 7.10. The molecule has 2 amide bonds. The zero-order chi connectivity index (χ0) is 21.7. The first kappa shape index (κ1) is 22.2. The summed E-state index contributed by atoms with van der Waals surface area (Å²) in [6.07, 6.45) is -0.514. The van der Waals surface area contributed by atoms with Crippen LogP contribution in [0.15, 0.2) is 48.5 Å². The van der Waals surface area contributed by atoms with Crippen molar-refractivity contribution in [3.8, 4) is 5.75 Å². The highest BCUT2D eigenvalue weighted by molar-refractivity contribution is 8.15. The standard InChI is InChI=1S/C22H23F2NO4S/c1-2-10-22(23,24)16-5-3-4-15(12-16)18(26)13-29-17-8-6-14(7-9-17)11-19-20(27)25-21(28)30-19/h3-9,12,18-19,26H,2,10-11,13H2,1H3,(H,25,27,28)/t18-,19?/m0/s1. The second-order valence-electron chi connectivity index (χ2n) is 7.14. The van der Waals surface area contributed by atoms with E-state index in [1.165, 1.54) is 18.2 Å². The van der Waals surface area contributed by atoms with Gasteiger partial charge in [0.25, 0.3) is 11.2 Å². The van der Waals surface area contributed by atoms with Gasteiger partial charge in [-0.1, -0.05) is 55.4 Å². The topological polar surface area (TPSA) is 75.6 Å². The molecule has 1 aliphatic rings. The number of carbonyl (C=O) groups is 2. The summed E-state index contributed by atoms with van der Waals surface area (Å²) in [5.74, 6) is -2.72. The van der Waals surface area contributed by atoms with Crippen LogP contribution in [-0.2, 0) is 17.1 Å². The number of amides is 2. The molecule has 1 aliphatic heterocycles. The largest absolute Gasteiger partial charge is 0.491 e. The van der Waals surface area contributed by atoms with Crippen LogP contribution in [-0.4, -0.2) is 28.1 Å². The Bertz CT molecular complexity index is 904. The fourth-order valence-electron chi connectivity index (χ4n) is 3.17. The van der Waals surface area contributed by atoms with Crippen LogP contribution in [0.1, 0.15) is 42.6 Å². The molecule has 0 saturated carbocycles. The number of benzene rings is 2. The van der Waals surface area contributed by atoms with E-state index in [0.29, 0.717) is 24.2 Å². The molecule has 0 radical (unpaired) electrons. The second-order valence-corrected chi connectivity index (χ2v) is 8.31. The van der Waals surface area contributed by atoms with E-state index in [2.05, 4.69) is 5.32 Å². The van der Waals surface area contributed by atoms with E-state index in [4.69, 9.17) is 4.74 Å². The number of rotatable bonds is 9. The van der Waals surface area contributed by atoms with Gasteiger partial charge in [-0.2, -0.15) is 0 Å². The molecular formula is C22H23F2NO4S. The van der Waals surface area contributed by atoms with Crippen molar-refractivity contribution >= 4 is 22.9 Å². The molecule has 0 aromatic heterocycles. The maximum Gasteiger partial charge on any atom is 0.286 e. The highest BCUT2D eigenvalue weighted by atomic mass is 32.2. The van der Waals surface area contributed by atoms with Crippen LogP contribution in [0.5, 0.6) is 5.75 Å². The Hall–Kier alpha value is -2.45. The molecule has 8 heteroatoms. The first-order valence-electron chi connectivity index (χ1n) is 9.68. The lowest BCUT2D eigenvalue weighted by Crippen LogP contribution is -2.25. The third-order valence-electron chi connectivity index (χ3n) is 4.78. The summed E-state index contributed by atoms with van der Waals surface area (Å²) in [6, 6.07) is 12.7. The SMILES string of the molecule is CCCC(F)(F)c1cccc([C@@H](O)COc2ccc(CC3SC(=O)NC3=O)cc2)c1. The van der Waals surface area contributed by atoms with Crippen LogP contribution >= 0.6 is 11.8 Å². The van der Waals surface area contributed by atoms with Crippen molar-refractivity contribution in [3.05, 3.63) is 65.2 Å². The Morgan fingerprint density at radius 3 is 2.57 bits per heavy atom.